The zero-order valence-corrected chi connectivity index (χ0v) is 70.9. The molecule has 2 saturated heterocycles. The third-order valence-electron chi connectivity index (χ3n) is 22.6. The predicted molar refractivity (Wildman–Crippen MR) is 426 cm³/mol. The molecule has 2 aliphatic carbocycles. The van der Waals surface area contributed by atoms with Gasteiger partial charge in [0.05, 0.1) is 26.4 Å². The number of hydrogen-bond acceptors (Lipinski definition) is 23. The fourth-order valence-electron chi connectivity index (χ4n) is 15.2. The molecule has 0 aromatic carbocycles. The van der Waals surface area contributed by atoms with Gasteiger partial charge in [0.2, 0.25) is 0 Å². The van der Waals surface area contributed by atoms with Crippen molar-refractivity contribution in [2.75, 3.05) is 39.6 Å². The van der Waals surface area contributed by atoms with E-state index < -0.39 is 153 Å². The van der Waals surface area contributed by atoms with E-state index in [9.17, 15) is 68.7 Å². The second-order valence-corrected chi connectivity index (χ2v) is 35.6. The van der Waals surface area contributed by atoms with Gasteiger partial charge in [-0.05, 0) is 62.2 Å². The molecule has 2 heterocycles. The maximum Gasteiger partial charge on any atom is 0.472 e. The summed E-state index contributed by atoms with van der Waals surface area (Å²) in [6, 6.07) is 0. The maximum atomic E-state index is 13.5. The van der Waals surface area contributed by atoms with Crippen LogP contribution in [0, 0.1) is 23.7 Å². The van der Waals surface area contributed by atoms with Crippen molar-refractivity contribution < 1.29 is 120 Å². The minimum absolute atomic E-state index is 0.0488. The molecule has 2 saturated carbocycles. The number of carbonyl (C=O) groups excluding carboxylic acids is 4. The standard InChI is InChI=1S/C84H156O25P2/c1-5-9-13-17-19-21-23-25-27-29-31-37-45-53-73(85)99-59-69(105-75(87)55-47-39-33-35-43-51-67-57-65(67)49-41-15-11-7-3)61-101-110(95,96)103-63-71-77(89)79(91)81(93)83(107-71)109-84-82(94)80(92)78(90)72(108-84)64-104-111(97,98)102-62-70(60-100-74(86)54-46-38-32-30-28-26-24-22-20-18-14-10-6-2)106-76(88)56-48-40-34-36-44-52-68-58-66(68)50-42-16-12-8-4/h65-72,77-84,89-94H,5-64H2,1-4H3,(H,95,96)(H,97,98)/t65-,66-,67+,68+,69-,70-,71?,72?,77?,78?,79?,80?,81?,82?,83?,84?/m1/s1. The molecule has 0 aromatic heterocycles. The van der Waals surface area contributed by atoms with Crippen molar-refractivity contribution >= 4 is 39.5 Å². The summed E-state index contributed by atoms with van der Waals surface area (Å²) in [5.74, 6) is 1.08. The van der Waals surface area contributed by atoms with E-state index in [2.05, 4.69) is 27.7 Å². The summed E-state index contributed by atoms with van der Waals surface area (Å²) in [6.07, 6.45) is 34.1. The van der Waals surface area contributed by atoms with Crippen LogP contribution in [0.2, 0.25) is 0 Å². The highest BCUT2D eigenvalue weighted by atomic mass is 31.2. The van der Waals surface area contributed by atoms with Crippen molar-refractivity contribution in [3.05, 3.63) is 0 Å². The van der Waals surface area contributed by atoms with Crippen molar-refractivity contribution in [2.45, 2.75) is 448 Å². The number of phosphoric ester groups is 2. The summed E-state index contributed by atoms with van der Waals surface area (Å²) in [4.78, 5) is 74.1. The SMILES string of the molecule is CCCCCCCCCCCCCCCC(=O)OC[C@H](COP(=O)(O)OCC1OC(OC2OC(COP(=O)(O)OC[C@@H](COC(=O)CCCCCCCCCCCCCCC)OC(=O)CCCCCCC[C@H]3C[C@H]3CCCCCC)C(O)C(O)C2O)C(O)C(O)C1O)OC(=O)CCCCCCC[C@H]1C[C@H]1CCCCCC. The predicted octanol–water partition coefficient (Wildman–Crippen LogP) is 17.4. The van der Waals surface area contributed by atoms with Crippen LogP contribution in [0.5, 0.6) is 0 Å². The molecule has 4 fully saturated rings. The van der Waals surface area contributed by atoms with Crippen molar-refractivity contribution in [1.82, 2.24) is 0 Å². The van der Waals surface area contributed by atoms with Gasteiger partial charge in [-0.15, -0.1) is 0 Å². The van der Waals surface area contributed by atoms with E-state index in [-0.39, 0.29) is 25.7 Å². The number of carbonyl (C=O) groups is 4. The van der Waals surface area contributed by atoms with Crippen molar-refractivity contribution in [3.8, 4) is 0 Å². The topological polar surface area (TPSA) is 366 Å². The van der Waals surface area contributed by atoms with Gasteiger partial charge in [-0.25, -0.2) is 9.13 Å². The van der Waals surface area contributed by atoms with Gasteiger partial charge in [0.1, 0.15) is 62.0 Å². The Hall–Kier alpha value is -2.26. The Morgan fingerprint density at radius 2 is 0.559 bits per heavy atom. The van der Waals surface area contributed by atoms with E-state index in [1.807, 2.05) is 0 Å². The molecule has 0 amide bonds. The number of rotatable bonds is 74. The fraction of sp³-hybridized carbons (Fsp3) is 0.952. The summed E-state index contributed by atoms with van der Waals surface area (Å²) in [6.45, 7) is 4.34. The van der Waals surface area contributed by atoms with Crippen LogP contribution in [0.4, 0.5) is 0 Å². The smallest absolute Gasteiger partial charge is 0.462 e. The van der Waals surface area contributed by atoms with Gasteiger partial charge in [0.25, 0.3) is 0 Å². The van der Waals surface area contributed by atoms with Crippen LogP contribution in [-0.4, -0.2) is 178 Å². The zero-order valence-electron chi connectivity index (χ0n) is 69.1. The number of unbranched alkanes of at least 4 members (excludes halogenated alkanes) is 38. The first kappa shape index (κ1) is 101. The maximum absolute atomic E-state index is 13.5. The van der Waals surface area contributed by atoms with Crippen LogP contribution in [0.1, 0.15) is 374 Å². The van der Waals surface area contributed by atoms with Crippen LogP contribution < -0.4 is 0 Å². The molecule has 18 atom stereocenters. The first-order chi connectivity index (χ1) is 53.6. The number of aliphatic hydroxyl groups is 6. The Bertz CT molecular complexity index is 2300. The molecule has 27 heteroatoms. The highest BCUT2D eigenvalue weighted by molar-refractivity contribution is 7.47. The quantitative estimate of drug-likeness (QED) is 0.0121. The van der Waals surface area contributed by atoms with Gasteiger partial charge < -0.3 is 73.6 Å². The lowest BCUT2D eigenvalue weighted by molar-refractivity contribution is -0.376. The van der Waals surface area contributed by atoms with Crippen molar-refractivity contribution in [3.63, 3.8) is 0 Å². The number of esters is 4. The molecule has 2 aliphatic heterocycles. The molecular weight excluding hydrogens is 1470 g/mol. The molecule has 0 spiro atoms. The zero-order chi connectivity index (χ0) is 80.8. The van der Waals surface area contributed by atoms with Gasteiger partial charge in [-0.3, -0.25) is 37.3 Å². The first-order valence-electron chi connectivity index (χ1n) is 44.6. The third-order valence-corrected chi connectivity index (χ3v) is 24.5. The third kappa shape index (κ3) is 48.4. The normalized spacial score (nSPS) is 25.4. The summed E-state index contributed by atoms with van der Waals surface area (Å²) in [7, 11) is -10.3. The van der Waals surface area contributed by atoms with Crippen molar-refractivity contribution in [2.24, 2.45) is 23.7 Å². The minimum Gasteiger partial charge on any atom is -0.462 e. The Morgan fingerprint density at radius 1 is 0.315 bits per heavy atom. The lowest BCUT2D eigenvalue weighted by atomic mass is 9.98. The van der Waals surface area contributed by atoms with E-state index >= 15 is 0 Å². The molecular formula is C84H156O25P2. The molecule has 0 bridgehead atoms. The average Bonchev–Trinajstić information content (AvgIpc) is 1.64. The van der Waals surface area contributed by atoms with Gasteiger partial charge >= 0.3 is 39.5 Å². The summed E-state index contributed by atoms with van der Waals surface area (Å²) < 4.78 is 87.0. The van der Waals surface area contributed by atoms with Crippen LogP contribution in [-0.2, 0) is 79.6 Å². The number of ether oxygens (including phenoxy) is 7. The Morgan fingerprint density at radius 3 is 0.838 bits per heavy atom. The number of aliphatic hydroxyl groups excluding tert-OH is 6. The number of phosphoric acid groups is 2. The fourth-order valence-corrected chi connectivity index (χ4v) is 16.7. The largest absolute Gasteiger partial charge is 0.472 e. The van der Waals surface area contributed by atoms with Gasteiger partial charge in [0, 0.05) is 25.7 Å². The highest BCUT2D eigenvalue weighted by Gasteiger charge is 2.51. The van der Waals surface area contributed by atoms with Crippen LogP contribution >= 0.6 is 15.6 Å². The molecule has 111 heavy (non-hydrogen) atoms. The van der Waals surface area contributed by atoms with E-state index in [4.69, 9.17) is 51.3 Å². The average molecular weight is 1630 g/mol. The molecule has 12 unspecified atom stereocenters. The minimum atomic E-state index is -5.17. The summed E-state index contributed by atoms with van der Waals surface area (Å²) >= 11 is 0. The monoisotopic (exact) mass is 1630 g/mol. The Labute approximate surface area is 667 Å². The Kier molecular flexibility index (Phi) is 56.4. The lowest BCUT2D eigenvalue weighted by Crippen LogP contribution is -2.63. The molecule has 4 rings (SSSR count). The second kappa shape index (κ2) is 62.0. The molecule has 0 aromatic rings. The molecule has 0 radical (unpaired) electrons. The van der Waals surface area contributed by atoms with Crippen LogP contribution in [0.15, 0.2) is 0 Å². The number of hydrogen-bond donors (Lipinski definition) is 8. The van der Waals surface area contributed by atoms with Crippen LogP contribution in [0.25, 0.3) is 0 Å². The van der Waals surface area contributed by atoms with E-state index in [1.165, 1.54) is 193 Å². The van der Waals surface area contributed by atoms with Crippen LogP contribution in [0.3, 0.4) is 0 Å². The van der Waals surface area contributed by atoms with E-state index in [0.29, 0.717) is 25.7 Å². The van der Waals surface area contributed by atoms with Gasteiger partial charge in [-0.2, -0.15) is 0 Å². The van der Waals surface area contributed by atoms with E-state index in [0.717, 1.165) is 126 Å². The lowest BCUT2D eigenvalue weighted by Gasteiger charge is -2.45. The summed E-state index contributed by atoms with van der Waals surface area (Å²) in [5.41, 5.74) is 0. The van der Waals surface area contributed by atoms with Crippen molar-refractivity contribution in [1.29, 1.82) is 0 Å². The second-order valence-electron chi connectivity index (χ2n) is 32.7. The molecule has 4 aliphatic rings. The first-order valence-corrected chi connectivity index (χ1v) is 47.6. The highest BCUT2D eigenvalue weighted by Crippen LogP contribution is 2.48. The molecule has 652 valence electrons. The van der Waals surface area contributed by atoms with E-state index in [1.54, 1.807) is 0 Å². The molecule has 8 N–H and O–H groups in total. The Balaban J connectivity index is 1.27. The molecule has 25 nitrogen and oxygen atoms in total. The summed E-state index contributed by atoms with van der Waals surface area (Å²) in [5, 5.41) is 65.9. The van der Waals surface area contributed by atoms with Gasteiger partial charge in [0.15, 0.2) is 24.8 Å². The van der Waals surface area contributed by atoms with Gasteiger partial charge in [-0.1, -0.05) is 310 Å².